The summed E-state index contributed by atoms with van der Waals surface area (Å²) in [5.74, 6) is 0.476. The molecule has 1 N–H and O–H groups in total. The molecule has 23 heavy (non-hydrogen) atoms. The molecule has 122 valence electrons. The Morgan fingerprint density at radius 1 is 1.26 bits per heavy atom. The molecule has 1 aromatic carbocycles. The summed E-state index contributed by atoms with van der Waals surface area (Å²) in [5.41, 5.74) is 1.20. The summed E-state index contributed by atoms with van der Waals surface area (Å²) in [6.07, 6.45) is 2.33. The number of aromatic nitrogens is 1. The van der Waals surface area contributed by atoms with Crippen molar-refractivity contribution in [2.24, 2.45) is 5.92 Å². The van der Waals surface area contributed by atoms with E-state index in [1.54, 1.807) is 0 Å². The minimum atomic E-state index is -0.162. The largest absolute Gasteiger partial charge is 0.336 e. The van der Waals surface area contributed by atoms with Gasteiger partial charge in [-0.25, -0.2) is 0 Å². The van der Waals surface area contributed by atoms with E-state index in [1.807, 2.05) is 35.2 Å². The Morgan fingerprint density at radius 2 is 1.96 bits per heavy atom. The topological polar surface area (TPSA) is 53.2 Å². The second kappa shape index (κ2) is 6.19. The van der Waals surface area contributed by atoms with E-state index in [0.29, 0.717) is 17.5 Å². The molecule has 0 spiro atoms. The highest BCUT2D eigenvalue weighted by molar-refractivity contribution is 5.83. The molecular formula is C19H24N2O2. The molecule has 0 radical (unpaired) electrons. The van der Waals surface area contributed by atoms with Gasteiger partial charge in [0.05, 0.1) is 6.42 Å². The molecule has 3 rings (SSSR count). The van der Waals surface area contributed by atoms with Crippen LogP contribution in [0.15, 0.2) is 35.1 Å². The lowest BCUT2D eigenvalue weighted by atomic mass is 10.0. The number of hydrogen-bond acceptors (Lipinski definition) is 2. The van der Waals surface area contributed by atoms with Crippen molar-refractivity contribution in [2.45, 2.75) is 52.1 Å². The number of nitrogens with zero attached hydrogens (tertiary/aromatic N) is 1. The molecule has 0 saturated heterocycles. The first-order chi connectivity index (χ1) is 11.0. The molecule has 0 unspecified atom stereocenters. The maximum atomic E-state index is 12.8. The van der Waals surface area contributed by atoms with Gasteiger partial charge in [0.15, 0.2) is 0 Å². The zero-order valence-corrected chi connectivity index (χ0v) is 14.0. The lowest BCUT2D eigenvalue weighted by Gasteiger charge is -2.32. The van der Waals surface area contributed by atoms with Crippen LogP contribution in [0.25, 0.3) is 10.9 Å². The summed E-state index contributed by atoms with van der Waals surface area (Å²) in [7, 11) is 0. The molecule has 4 nitrogen and oxygen atoms in total. The summed E-state index contributed by atoms with van der Waals surface area (Å²) in [6.45, 7) is 6.37. The van der Waals surface area contributed by atoms with Crippen LogP contribution >= 0.6 is 0 Å². The fourth-order valence-electron chi connectivity index (χ4n) is 3.02. The third-order valence-corrected chi connectivity index (χ3v) is 4.80. The lowest BCUT2D eigenvalue weighted by Crippen LogP contribution is -2.44. The van der Waals surface area contributed by atoms with Gasteiger partial charge in [-0.2, -0.15) is 0 Å². The molecule has 1 amide bonds. The van der Waals surface area contributed by atoms with Crippen molar-refractivity contribution >= 4 is 16.8 Å². The van der Waals surface area contributed by atoms with E-state index in [9.17, 15) is 9.59 Å². The van der Waals surface area contributed by atoms with Crippen LogP contribution in [0.5, 0.6) is 0 Å². The number of benzene rings is 1. The van der Waals surface area contributed by atoms with Crippen LogP contribution in [0.1, 0.15) is 39.2 Å². The maximum absolute atomic E-state index is 12.8. The molecule has 1 saturated carbocycles. The third-order valence-electron chi connectivity index (χ3n) is 4.80. The van der Waals surface area contributed by atoms with Gasteiger partial charge in [-0.05, 0) is 43.2 Å². The first-order valence-corrected chi connectivity index (χ1v) is 8.39. The number of rotatable bonds is 5. The van der Waals surface area contributed by atoms with Gasteiger partial charge in [0.25, 0.3) is 5.56 Å². The number of fused-ring (bicyclic) bond motifs is 1. The SMILES string of the molecule is CC(C)[C@@H](C)N(C(=O)Cc1cc2ccccc2[nH]c1=O)C1CC1. The fraction of sp³-hybridized carbons (Fsp3) is 0.474. The molecular weight excluding hydrogens is 288 g/mol. The third kappa shape index (κ3) is 3.31. The highest BCUT2D eigenvalue weighted by Gasteiger charge is 2.36. The predicted octanol–water partition coefficient (Wildman–Crippen LogP) is 3.11. The second-order valence-corrected chi connectivity index (χ2v) is 6.90. The Hall–Kier alpha value is -2.10. The van der Waals surface area contributed by atoms with E-state index in [2.05, 4.69) is 25.8 Å². The summed E-state index contributed by atoms with van der Waals surface area (Å²) in [5, 5.41) is 0.963. The molecule has 4 heteroatoms. The smallest absolute Gasteiger partial charge is 0.252 e. The van der Waals surface area contributed by atoms with Crippen LogP contribution < -0.4 is 5.56 Å². The number of H-pyrrole nitrogens is 1. The molecule has 0 aliphatic heterocycles. The van der Waals surface area contributed by atoms with Crippen molar-refractivity contribution in [1.82, 2.24) is 9.88 Å². The summed E-state index contributed by atoms with van der Waals surface area (Å²) < 4.78 is 0. The molecule has 1 fully saturated rings. The van der Waals surface area contributed by atoms with Crippen LogP contribution in [0, 0.1) is 5.92 Å². The van der Waals surface area contributed by atoms with Crippen LogP contribution in [0.2, 0.25) is 0 Å². The molecule has 2 aromatic rings. The van der Waals surface area contributed by atoms with Crippen molar-refractivity contribution in [3.63, 3.8) is 0 Å². The van der Waals surface area contributed by atoms with Gasteiger partial charge in [-0.3, -0.25) is 9.59 Å². The summed E-state index contributed by atoms with van der Waals surface area (Å²) in [4.78, 5) is 29.9. The van der Waals surface area contributed by atoms with Gasteiger partial charge >= 0.3 is 0 Å². The average Bonchev–Trinajstić information content (AvgIpc) is 3.32. The monoisotopic (exact) mass is 312 g/mol. The maximum Gasteiger partial charge on any atom is 0.252 e. The van der Waals surface area contributed by atoms with E-state index in [-0.39, 0.29) is 23.9 Å². The fourth-order valence-corrected chi connectivity index (χ4v) is 3.02. The van der Waals surface area contributed by atoms with Gasteiger partial charge < -0.3 is 9.88 Å². The van der Waals surface area contributed by atoms with E-state index in [0.717, 1.165) is 23.7 Å². The first kappa shape index (κ1) is 15.8. The number of aromatic amines is 1. The molecule has 0 bridgehead atoms. The Morgan fingerprint density at radius 3 is 2.61 bits per heavy atom. The van der Waals surface area contributed by atoms with Crippen molar-refractivity contribution < 1.29 is 4.79 Å². The second-order valence-electron chi connectivity index (χ2n) is 6.90. The molecule has 1 heterocycles. The van der Waals surface area contributed by atoms with Crippen molar-refractivity contribution in [1.29, 1.82) is 0 Å². The molecule has 1 aromatic heterocycles. The summed E-state index contributed by atoms with van der Waals surface area (Å²) >= 11 is 0. The van der Waals surface area contributed by atoms with Gasteiger partial charge in [-0.1, -0.05) is 32.0 Å². The van der Waals surface area contributed by atoms with Gasteiger partial charge in [0.1, 0.15) is 0 Å². The zero-order chi connectivity index (χ0) is 16.6. The van der Waals surface area contributed by atoms with E-state index in [1.165, 1.54) is 0 Å². The molecule has 1 aliphatic rings. The zero-order valence-electron chi connectivity index (χ0n) is 14.0. The highest BCUT2D eigenvalue weighted by atomic mass is 16.2. The number of pyridine rings is 1. The lowest BCUT2D eigenvalue weighted by molar-refractivity contribution is -0.134. The quantitative estimate of drug-likeness (QED) is 0.922. The van der Waals surface area contributed by atoms with Crippen LogP contribution in [0.4, 0.5) is 0 Å². The highest BCUT2D eigenvalue weighted by Crippen LogP contribution is 2.31. The minimum Gasteiger partial charge on any atom is -0.336 e. The number of carbonyl (C=O) groups is 1. The Balaban J connectivity index is 1.86. The Kier molecular flexibility index (Phi) is 4.24. The molecule has 1 aliphatic carbocycles. The van der Waals surface area contributed by atoms with Crippen molar-refractivity contribution in [3.8, 4) is 0 Å². The number of amides is 1. The van der Waals surface area contributed by atoms with Crippen LogP contribution in [-0.4, -0.2) is 27.9 Å². The Labute approximate surface area is 136 Å². The standard InChI is InChI=1S/C19H24N2O2/c1-12(2)13(3)21(16-8-9-16)18(22)11-15-10-14-6-4-5-7-17(14)20-19(15)23/h4-7,10,12-13,16H,8-9,11H2,1-3H3,(H,20,23)/t13-/m1/s1. The van der Waals surface area contributed by atoms with E-state index >= 15 is 0 Å². The van der Waals surface area contributed by atoms with Crippen molar-refractivity contribution in [3.05, 3.63) is 46.2 Å². The van der Waals surface area contributed by atoms with Gasteiger partial charge in [0, 0.05) is 23.2 Å². The number of nitrogens with one attached hydrogen (secondary N) is 1. The van der Waals surface area contributed by atoms with Crippen molar-refractivity contribution in [2.75, 3.05) is 0 Å². The van der Waals surface area contributed by atoms with Crippen LogP contribution in [-0.2, 0) is 11.2 Å². The van der Waals surface area contributed by atoms with Gasteiger partial charge in [-0.15, -0.1) is 0 Å². The normalized spacial score (nSPS) is 15.8. The number of carbonyl (C=O) groups excluding carboxylic acids is 1. The van der Waals surface area contributed by atoms with Crippen LogP contribution in [0.3, 0.4) is 0 Å². The number of hydrogen-bond donors (Lipinski definition) is 1. The summed E-state index contributed by atoms with van der Waals surface area (Å²) in [6, 6.07) is 10.1. The molecule has 1 atom stereocenters. The Bertz CT molecular complexity index is 774. The minimum absolute atomic E-state index is 0.0643. The van der Waals surface area contributed by atoms with Gasteiger partial charge in [0.2, 0.25) is 5.91 Å². The predicted molar refractivity (Wildman–Crippen MR) is 92.4 cm³/mol. The average molecular weight is 312 g/mol. The van der Waals surface area contributed by atoms with E-state index in [4.69, 9.17) is 0 Å². The van der Waals surface area contributed by atoms with E-state index < -0.39 is 0 Å². The first-order valence-electron chi connectivity index (χ1n) is 8.39. The number of para-hydroxylation sites is 1.